The minimum absolute atomic E-state index is 0.179. The second-order valence-corrected chi connectivity index (χ2v) is 8.72. The first-order chi connectivity index (χ1) is 10.3. The van der Waals surface area contributed by atoms with E-state index in [0.717, 1.165) is 44.5 Å². The van der Waals surface area contributed by atoms with Gasteiger partial charge in [0.1, 0.15) is 5.60 Å². The Morgan fingerprint density at radius 3 is 2.50 bits per heavy atom. The van der Waals surface area contributed by atoms with Crippen molar-refractivity contribution in [3.63, 3.8) is 0 Å². The number of rotatable bonds is 4. The predicted molar refractivity (Wildman–Crippen MR) is 92.6 cm³/mol. The molecule has 2 unspecified atom stereocenters. The van der Waals surface area contributed by atoms with Crippen molar-refractivity contribution >= 4 is 17.9 Å². The fourth-order valence-corrected chi connectivity index (χ4v) is 4.11. The van der Waals surface area contributed by atoms with E-state index in [1.165, 1.54) is 12.2 Å². The molecule has 2 saturated heterocycles. The van der Waals surface area contributed by atoms with Crippen LogP contribution >= 0.6 is 11.8 Å². The zero-order chi connectivity index (χ0) is 16.2. The minimum atomic E-state index is -0.409. The Hall–Kier alpha value is -0.460. The van der Waals surface area contributed by atoms with E-state index in [1.807, 2.05) is 25.7 Å². The van der Waals surface area contributed by atoms with Crippen LogP contribution in [0.25, 0.3) is 0 Å². The van der Waals surface area contributed by atoms with Crippen LogP contribution in [-0.2, 0) is 4.74 Å². The number of thioether (sulfide) groups is 1. The van der Waals surface area contributed by atoms with Crippen LogP contribution in [0.2, 0.25) is 0 Å². The molecular formula is C16H31N3O2S. The number of nitrogens with one attached hydrogen (secondary N) is 1. The van der Waals surface area contributed by atoms with E-state index in [9.17, 15) is 4.79 Å². The number of carbonyl (C=O) groups excluding carboxylic acids is 1. The Morgan fingerprint density at radius 2 is 1.95 bits per heavy atom. The highest BCUT2D eigenvalue weighted by Gasteiger charge is 2.26. The summed E-state index contributed by atoms with van der Waals surface area (Å²) in [7, 11) is 0. The van der Waals surface area contributed by atoms with Crippen molar-refractivity contribution in [2.75, 3.05) is 45.0 Å². The molecule has 1 N–H and O–H groups in total. The molecule has 0 saturated carbocycles. The highest BCUT2D eigenvalue weighted by atomic mass is 32.2. The van der Waals surface area contributed by atoms with Gasteiger partial charge in [0, 0.05) is 50.6 Å². The Bertz CT molecular complexity index is 365. The van der Waals surface area contributed by atoms with Crippen LogP contribution < -0.4 is 5.32 Å². The molecule has 2 aliphatic rings. The van der Waals surface area contributed by atoms with Crippen LogP contribution in [0.4, 0.5) is 4.79 Å². The van der Waals surface area contributed by atoms with E-state index in [1.54, 1.807) is 0 Å². The largest absolute Gasteiger partial charge is 0.444 e. The summed E-state index contributed by atoms with van der Waals surface area (Å²) in [4.78, 5) is 16.3. The molecule has 0 aromatic carbocycles. The van der Waals surface area contributed by atoms with Crippen LogP contribution in [0.15, 0.2) is 0 Å². The molecule has 0 aromatic rings. The molecule has 2 heterocycles. The lowest BCUT2D eigenvalue weighted by molar-refractivity contribution is 0.0146. The molecule has 0 bridgehead atoms. The predicted octanol–water partition coefficient (Wildman–Crippen LogP) is 2.02. The molecule has 22 heavy (non-hydrogen) atoms. The van der Waals surface area contributed by atoms with Crippen molar-refractivity contribution in [2.24, 2.45) is 0 Å². The molecular weight excluding hydrogens is 298 g/mol. The van der Waals surface area contributed by atoms with Crippen LogP contribution in [0, 0.1) is 0 Å². The van der Waals surface area contributed by atoms with Gasteiger partial charge in [-0.2, -0.15) is 11.8 Å². The fraction of sp³-hybridized carbons (Fsp3) is 0.938. The van der Waals surface area contributed by atoms with Crippen molar-refractivity contribution in [2.45, 2.75) is 51.0 Å². The number of nitrogens with zero attached hydrogens (tertiary/aromatic N) is 2. The third-order valence-corrected chi connectivity index (χ3v) is 5.56. The summed E-state index contributed by atoms with van der Waals surface area (Å²) in [6.07, 6.45) is 1.11. The molecule has 1 amide bonds. The summed E-state index contributed by atoms with van der Waals surface area (Å²) >= 11 is 2.07. The van der Waals surface area contributed by atoms with Crippen molar-refractivity contribution in [3.8, 4) is 0 Å². The Morgan fingerprint density at radius 1 is 1.27 bits per heavy atom. The highest BCUT2D eigenvalue weighted by Crippen LogP contribution is 2.25. The number of hydrogen-bond acceptors (Lipinski definition) is 5. The Labute approximate surface area is 139 Å². The molecule has 0 aliphatic carbocycles. The van der Waals surface area contributed by atoms with Gasteiger partial charge in [-0.25, -0.2) is 4.79 Å². The maximum atomic E-state index is 12.0. The normalized spacial score (nSPS) is 27.2. The smallest absolute Gasteiger partial charge is 0.410 e. The van der Waals surface area contributed by atoms with Crippen molar-refractivity contribution in [1.29, 1.82) is 0 Å². The van der Waals surface area contributed by atoms with Gasteiger partial charge in [-0.3, -0.25) is 4.90 Å². The molecule has 2 fully saturated rings. The van der Waals surface area contributed by atoms with Crippen molar-refractivity contribution in [1.82, 2.24) is 15.1 Å². The second kappa shape index (κ2) is 7.88. The average Bonchev–Trinajstić information content (AvgIpc) is 2.83. The van der Waals surface area contributed by atoms with Crippen LogP contribution in [0.5, 0.6) is 0 Å². The fourth-order valence-electron chi connectivity index (χ4n) is 2.89. The van der Waals surface area contributed by atoms with E-state index < -0.39 is 5.60 Å². The summed E-state index contributed by atoms with van der Waals surface area (Å²) in [5.74, 6) is 1.29. The van der Waals surface area contributed by atoms with E-state index in [2.05, 4.69) is 28.9 Å². The Kier molecular flexibility index (Phi) is 6.41. The topological polar surface area (TPSA) is 44.8 Å². The second-order valence-electron chi connectivity index (χ2n) is 7.23. The van der Waals surface area contributed by atoms with E-state index in [0.29, 0.717) is 6.04 Å². The maximum absolute atomic E-state index is 12.0. The number of carbonyl (C=O) groups is 1. The van der Waals surface area contributed by atoms with E-state index in [4.69, 9.17) is 4.74 Å². The standard InChI is InChI=1S/C16H31N3O2S/c1-13-14(5-12-22-13)17-6-7-18-8-10-19(11-9-18)15(20)21-16(2,3)4/h13-14,17H,5-12H2,1-4H3. The summed E-state index contributed by atoms with van der Waals surface area (Å²) in [5.41, 5.74) is -0.409. The SMILES string of the molecule is CC1SCCC1NCCN1CCN(C(=O)OC(C)(C)C)CC1. The molecule has 0 spiro atoms. The molecule has 0 aromatic heterocycles. The molecule has 128 valence electrons. The van der Waals surface area contributed by atoms with Gasteiger partial charge < -0.3 is 15.0 Å². The number of amides is 1. The van der Waals surface area contributed by atoms with Crippen LogP contribution in [0.1, 0.15) is 34.1 Å². The third-order valence-electron chi connectivity index (χ3n) is 4.23. The first-order valence-electron chi connectivity index (χ1n) is 8.40. The van der Waals surface area contributed by atoms with Gasteiger partial charge >= 0.3 is 6.09 Å². The first kappa shape index (κ1) is 17.9. The molecule has 0 radical (unpaired) electrons. The van der Waals surface area contributed by atoms with E-state index in [-0.39, 0.29) is 6.09 Å². The highest BCUT2D eigenvalue weighted by molar-refractivity contribution is 8.00. The number of ether oxygens (including phenoxy) is 1. The van der Waals surface area contributed by atoms with Crippen molar-refractivity contribution in [3.05, 3.63) is 0 Å². The maximum Gasteiger partial charge on any atom is 0.410 e. The van der Waals surface area contributed by atoms with Crippen LogP contribution in [0.3, 0.4) is 0 Å². The molecule has 6 heteroatoms. The molecule has 2 aliphatic heterocycles. The number of hydrogen-bond donors (Lipinski definition) is 1. The van der Waals surface area contributed by atoms with Gasteiger partial charge in [0.15, 0.2) is 0 Å². The summed E-state index contributed by atoms with van der Waals surface area (Å²) in [6, 6.07) is 0.674. The van der Waals surface area contributed by atoms with Gasteiger partial charge in [-0.15, -0.1) is 0 Å². The van der Waals surface area contributed by atoms with Gasteiger partial charge in [-0.1, -0.05) is 6.92 Å². The monoisotopic (exact) mass is 329 g/mol. The quantitative estimate of drug-likeness (QED) is 0.855. The lowest BCUT2D eigenvalue weighted by atomic mass is 10.2. The average molecular weight is 330 g/mol. The number of piperazine rings is 1. The minimum Gasteiger partial charge on any atom is -0.444 e. The van der Waals surface area contributed by atoms with Gasteiger partial charge in [0.05, 0.1) is 0 Å². The van der Waals surface area contributed by atoms with E-state index >= 15 is 0 Å². The van der Waals surface area contributed by atoms with Crippen molar-refractivity contribution < 1.29 is 9.53 Å². The molecule has 5 nitrogen and oxygen atoms in total. The molecule has 2 rings (SSSR count). The summed E-state index contributed by atoms with van der Waals surface area (Å²) in [5, 5.41) is 4.42. The van der Waals surface area contributed by atoms with Gasteiger partial charge in [-0.05, 0) is 32.9 Å². The first-order valence-corrected chi connectivity index (χ1v) is 9.45. The van der Waals surface area contributed by atoms with Gasteiger partial charge in [0.2, 0.25) is 0 Å². The van der Waals surface area contributed by atoms with Crippen LogP contribution in [-0.4, -0.2) is 77.8 Å². The summed E-state index contributed by atoms with van der Waals surface area (Å²) in [6.45, 7) is 13.6. The lowest BCUT2D eigenvalue weighted by Crippen LogP contribution is -2.51. The zero-order valence-electron chi connectivity index (χ0n) is 14.4. The zero-order valence-corrected chi connectivity index (χ0v) is 15.2. The summed E-state index contributed by atoms with van der Waals surface area (Å²) < 4.78 is 5.43. The Balaban J connectivity index is 1.61. The third kappa shape index (κ3) is 5.63. The molecule has 2 atom stereocenters. The lowest BCUT2D eigenvalue weighted by Gasteiger charge is -2.35. The van der Waals surface area contributed by atoms with Gasteiger partial charge in [0.25, 0.3) is 0 Å².